The Morgan fingerprint density at radius 2 is 2.32 bits per heavy atom. The summed E-state index contributed by atoms with van der Waals surface area (Å²) in [5.74, 6) is 1.51. The van der Waals surface area contributed by atoms with E-state index in [4.69, 9.17) is 4.74 Å². The summed E-state index contributed by atoms with van der Waals surface area (Å²) >= 11 is 1.60. The zero-order valence-electron chi connectivity index (χ0n) is 12.6. The van der Waals surface area contributed by atoms with E-state index in [0.717, 1.165) is 17.0 Å². The van der Waals surface area contributed by atoms with Crippen molar-refractivity contribution < 1.29 is 9.53 Å². The Morgan fingerprint density at radius 3 is 3.09 bits per heavy atom. The van der Waals surface area contributed by atoms with Crippen molar-refractivity contribution in [3.63, 3.8) is 0 Å². The molecule has 0 radical (unpaired) electrons. The molecular weight excluding hydrogens is 300 g/mol. The molecule has 116 valence electrons. The summed E-state index contributed by atoms with van der Waals surface area (Å²) < 4.78 is 7.02. The third-order valence-electron chi connectivity index (χ3n) is 3.60. The molecule has 0 saturated carbocycles. The van der Waals surface area contributed by atoms with Gasteiger partial charge in [0, 0.05) is 6.54 Å². The number of nitrogens with zero attached hydrogens (tertiary/aromatic N) is 4. The summed E-state index contributed by atoms with van der Waals surface area (Å²) in [5, 5.41) is 8.40. The van der Waals surface area contributed by atoms with Crippen molar-refractivity contribution in [1.29, 1.82) is 0 Å². The third-order valence-corrected chi connectivity index (χ3v) is 4.82. The van der Waals surface area contributed by atoms with E-state index >= 15 is 0 Å². The molecule has 2 aromatic rings. The predicted molar refractivity (Wildman–Crippen MR) is 84.7 cm³/mol. The van der Waals surface area contributed by atoms with E-state index in [1.165, 1.54) is 0 Å². The monoisotopic (exact) mass is 318 g/mol. The first-order chi connectivity index (χ1) is 10.7. The minimum atomic E-state index is -0.0171. The highest BCUT2D eigenvalue weighted by atomic mass is 32.2. The Hall–Kier alpha value is -2.02. The molecule has 0 unspecified atom stereocenters. The van der Waals surface area contributed by atoms with Gasteiger partial charge in [0.05, 0.1) is 25.6 Å². The number of hydrogen-bond acceptors (Lipinski definition) is 5. The second-order valence-electron chi connectivity index (χ2n) is 5.04. The Morgan fingerprint density at radius 1 is 1.45 bits per heavy atom. The van der Waals surface area contributed by atoms with E-state index in [9.17, 15) is 4.79 Å². The average Bonchev–Trinajstić information content (AvgIpc) is 3.13. The zero-order valence-corrected chi connectivity index (χ0v) is 13.4. The van der Waals surface area contributed by atoms with Gasteiger partial charge in [0.2, 0.25) is 5.91 Å². The number of benzene rings is 1. The van der Waals surface area contributed by atoms with Crippen LogP contribution in [0.5, 0.6) is 5.75 Å². The number of amides is 1. The molecule has 22 heavy (non-hydrogen) atoms. The van der Waals surface area contributed by atoms with Gasteiger partial charge < -0.3 is 9.64 Å². The molecule has 0 bridgehead atoms. The maximum Gasteiger partial charge on any atom is 0.233 e. The second kappa shape index (κ2) is 6.39. The summed E-state index contributed by atoms with van der Waals surface area (Å²) in [6, 6.07) is 7.87. The summed E-state index contributed by atoms with van der Waals surface area (Å²) in [4.78, 5) is 13.6. The van der Waals surface area contributed by atoms with Gasteiger partial charge in [-0.25, -0.2) is 4.68 Å². The fraction of sp³-hybridized carbons (Fsp3) is 0.400. The molecule has 1 fully saturated rings. The van der Waals surface area contributed by atoms with E-state index in [2.05, 4.69) is 10.3 Å². The number of carbonyl (C=O) groups excluding carboxylic acids is 1. The summed E-state index contributed by atoms with van der Waals surface area (Å²) in [6.45, 7) is 3.30. The first-order valence-electron chi connectivity index (χ1n) is 7.15. The average molecular weight is 318 g/mol. The number of hydrogen-bond donors (Lipinski definition) is 0. The topological polar surface area (TPSA) is 60.2 Å². The fourth-order valence-electron chi connectivity index (χ4n) is 2.50. The molecule has 1 aromatic heterocycles. The highest BCUT2D eigenvalue weighted by Gasteiger charge is 2.33. The summed E-state index contributed by atoms with van der Waals surface area (Å²) in [6.07, 6.45) is 1.92. The predicted octanol–water partition coefficient (Wildman–Crippen LogP) is 1.93. The van der Waals surface area contributed by atoms with Crippen LogP contribution in [0.15, 0.2) is 30.5 Å². The molecule has 7 heteroatoms. The van der Waals surface area contributed by atoms with Crippen LogP contribution in [0.2, 0.25) is 0 Å². The Kier molecular flexibility index (Phi) is 4.33. The maximum absolute atomic E-state index is 11.8. The van der Waals surface area contributed by atoms with E-state index in [1.807, 2.05) is 42.3 Å². The first-order valence-corrected chi connectivity index (χ1v) is 8.20. The minimum absolute atomic E-state index is 0.0171. The number of thioether (sulfide) groups is 1. The number of rotatable bonds is 5. The van der Waals surface area contributed by atoms with Gasteiger partial charge in [0.1, 0.15) is 16.8 Å². The second-order valence-corrected chi connectivity index (χ2v) is 6.10. The molecule has 2 heterocycles. The van der Waals surface area contributed by atoms with Crippen LogP contribution >= 0.6 is 11.8 Å². The normalized spacial score (nSPS) is 18.0. The van der Waals surface area contributed by atoms with Crippen LogP contribution in [0, 0.1) is 0 Å². The lowest BCUT2D eigenvalue weighted by atomic mass is 10.2. The summed E-state index contributed by atoms with van der Waals surface area (Å²) in [7, 11) is 1.65. The molecule has 1 aromatic carbocycles. The number of aromatic nitrogens is 3. The molecular formula is C15H18N4O2S. The largest absolute Gasteiger partial charge is 0.497 e. The van der Waals surface area contributed by atoms with E-state index in [0.29, 0.717) is 18.8 Å². The van der Waals surface area contributed by atoms with Crippen LogP contribution in [0.3, 0.4) is 0 Å². The molecule has 1 saturated heterocycles. The zero-order chi connectivity index (χ0) is 15.5. The quantitative estimate of drug-likeness (QED) is 0.843. The van der Waals surface area contributed by atoms with Crippen LogP contribution in [-0.4, -0.2) is 45.2 Å². The molecule has 0 spiro atoms. The molecule has 1 aliphatic heterocycles. The Balaban J connectivity index is 1.75. The highest BCUT2D eigenvalue weighted by molar-refractivity contribution is 8.00. The summed E-state index contributed by atoms with van der Waals surface area (Å²) in [5.41, 5.74) is 1.93. The molecule has 6 nitrogen and oxygen atoms in total. The lowest BCUT2D eigenvalue weighted by Crippen LogP contribution is -2.27. The van der Waals surface area contributed by atoms with E-state index < -0.39 is 0 Å². The molecule has 0 N–H and O–H groups in total. The van der Waals surface area contributed by atoms with Gasteiger partial charge in [-0.3, -0.25) is 4.79 Å². The minimum Gasteiger partial charge on any atom is -0.497 e. The molecule has 3 rings (SSSR count). The van der Waals surface area contributed by atoms with Crippen LogP contribution in [0.4, 0.5) is 0 Å². The van der Waals surface area contributed by atoms with Gasteiger partial charge >= 0.3 is 0 Å². The van der Waals surface area contributed by atoms with Gasteiger partial charge in [0.15, 0.2) is 0 Å². The van der Waals surface area contributed by atoms with Crippen molar-refractivity contribution in [3.8, 4) is 5.75 Å². The third kappa shape index (κ3) is 2.94. The lowest BCUT2D eigenvalue weighted by Gasteiger charge is -2.19. The highest BCUT2D eigenvalue weighted by Crippen LogP contribution is 2.37. The van der Waals surface area contributed by atoms with Crippen LogP contribution in [0.1, 0.15) is 23.6 Å². The van der Waals surface area contributed by atoms with Crippen molar-refractivity contribution in [2.24, 2.45) is 0 Å². The van der Waals surface area contributed by atoms with E-state index in [1.54, 1.807) is 23.6 Å². The van der Waals surface area contributed by atoms with Crippen molar-refractivity contribution in [2.75, 3.05) is 19.4 Å². The van der Waals surface area contributed by atoms with Crippen molar-refractivity contribution in [2.45, 2.75) is 18.8 Å². The Bertz CT molecular complexity index is 673. The van der Waals surface area contributed by atoms with Crippen molar-refractivity contribution >= 4 is 17.7 Å². The van der Waals surface area contributed by atoms with Crippen molar-refractivity contribution in [3.05, 3.63) is 41.7 Å². The van der Waals surface area contributed by atoms with Crippen LogP contribution in [-0.2, 0) is 11.3 Å². The smallest absolute Gasteiger partial charge is 0.233 e. The molecule has 1 aliphatic rings. The standard InChI is InChI=1S/C15H18N4O2S/c1-3-19-14(20)10-22-15(19)13-9-18(17-16-13)8-11-5-4-6-12(7-11)21-2/h4-7,9,15H,3,8,10H2,1-2H3/t15-/m0/s1. The number of carbonyl (C=O) groups is 1. The van der Waals surface area contributed by atoms with Gasteiger partial charge in [0.25, 0.3) is 0 Å². The van der Waals surface area contributed by atoms with Gasteiger partial charge in [-0.2, -0.15) is 0 Å². The molecule has 1 amide bonds. The van der Waals surface area contributed by atoms with Crippen LogP contribution < -0.4 is 4.74 Å². The number of ether oxygens (including phenoxy) is 1. The number of methoxy groups -OCH3 is 1. The fourth-order valence-corrected chi connectivity index (χ4v) is 3.69. The van der Waals surface area contributed by atoms with Gasteiger partial charge in [-0.05, 0) is 24.6 Å². The lowest BCUT2D eigenvalue weighted by molar-refractivity contribution is -0.127. The molecule has 1 atom stereocenters. The SMILES string of the molecule is CCN1C(=O)CS[C@H]1c1cn(Cc2cccc(OC)c2)nn1. The first kappa shape index (κ1) is 14.9. The maximum atomic E-state index is 11.8. The Labute approximate surface area is 133 Å². The van der Waals surface area contributed by atoms with E-state index in [-0.39, 0.29) is 11.3 Å². The van der Waals surface area contributed by atoms with Crippen LogP contribution in [0.25, 0.3) is 0 Å². The molecule has 0 aliphatic carbocycles. The van der Waals surface area contributed by atoms with Gasteiger partial charge in [-0.15, -0.1) is 16.9 Å². The van der Waals surface area contributed by atoms with Crippen molar-refractivity contribution in [1.82, 2.24) is 19.9 Å². The van der Waals surface area contributed by atoms with Gasteiger partial charge in [-0.1, -0.05) is 17.3 Å².